The Bertz CT molecular complexity index is 734. The molecule has 1 aromatic carbocycles. The molecule has 0 saturated heterocycles. The Balaban J connectivity index is 2.30. The van der Waals surface area contributed by atoms with Crippen molar-refractivity contribution in [3.8, 4) is 17.1 Å². The Morgan fingerprint density at radius 3 is 2.83 bits per heavy atom. The minimum Gasteiger partial charge on any atom is -0.508 e. The quantitative estimate of drug-likeness (QED) is 0.743. The second kappa shape index (κ2) is 4.14. The second-order valence-electron chi connectivity index (χ2n) is 4.24. The highest BCUT2D eigenvalue weighted by Gasteiger charge is 2.11. The Morgan fingerprint density at radius 2 is 2.06 bits per heavy atom. The Kier molecular flexibility index (Phi) is 2.59. The van der Waals surface area contributed by atoms with Gasteiger partial charge in [0.25, 0.3) is 0 Å². The highest BCUT2D eigenvalue weighted by Crippen LogP contribution is 2.28. The lowest BCUT2D eigenvalue weighted by atomic mass is 10.1. The van der Waals surface area contributed by atoms with Gasteiger partial charge in [0.15, 0.2) is 0 Å². The molecule has 3 rings (SSSR count). The first-order valence-electron chi connectivity index (χ1n) is 5.59. The number of aromatic nitrogens is 2. The van der Waals surface area contributed by atoms with Crippen LogP contribution in [0.3, 0.4) is 0 Å². The fourth-order valence-electron chi connectivity index (χ4n) is 2.02. The summed E-state index contributed by atoms with van der Waals surface area (Å²) in [6.45, 7) is 2.06. The molecule has 0 radical (unpaired) electrons. The van der Waals surface area contributed by atoms with Crippen molar-refractivity contribution in [3.05, 3.63) is 52.8 Å². The molecule has 0 fully saturated rings. The van der Waals surface area contributed by atoms with E-state index in [1.54, 1.807) is 12.1 Å². The van der Waals surface area contributed by atoms with E-state index in [0.717, 1.165) is 21.5 Å². The molecule has 2 aromatic heterocycles. The topological polar surface area (TPSA) is 37.5 Å². The second-order valence-corrected chi connectivity index (χ2v) is 4.99. The minimum absolute atomic E-state index is 0.235. The summed E-state index contributed by atoms with van der Waals surface area (Å²) in [5.41, 5.74) is 3.10. The summed E-state index contributed by atoms with van der Waals surface area (Å²) >= 11 is 3.42. The molecule has 90 valence electrons. The van der Waals surface area contributed by atoms with Gasteiger partial charge in [0.1, 0.15) is 16.2 Å². The van der Waals surface area contributed by atoms with Gasteiger partial charge in [0, 0.05) is 17.8 Å². The van der Waals surface area contributed by atoms with E-state index >= 15 is 0 Å². The number of aryl methyl sites for hydroxylation is 1. The third kappa shape index (κ3) is 1.78. The van der Waals surface area contributed by atoms with Crippen molar-refractivity contribution in [2.24, 2.45) is 0 Å². The van der Waals surface area contributed by atoms with Gasteiger partial charge in [-0.15, -0.1) is 0 Å². The van der Waals surface area contributed by atoms with Crippen LogP contribution in [0.15, 0.2) is 47.2 Å². The van der Waals surface area contributed by atoms with E-state index in [2.05, 4.69) is 40.0 Å². The van der Waals surface area contributed by atoms with Gasteiger partial charge in [-0.2, -0.15) is 0 Å². The van der Waals surface area contributed by atoms with Crippen LogP contribution in [0.2, 0.25) is 0 Å². The van der Waals surface area contributed by atoms with Crippen LogP contribution in [0.4, 0.5) is 0 Å². The summed E-state index contributed by atoms with van der Waals surface area (Å²) in [5, 5.41) is 9.52. The van der Waals surface area contributed by atoms with Crippen molar-refractivity contribution in [1.82, 2.24) is 9.38 Å². The number of halogens is 1. The van der Waals surface area contributed by atoms with Crippen molar-refractivity contribution < 1.29 is 5.11 Å². The lowest BCUT2D eigenvalue weighted by Gasteiger charge is -2.02. The molecule has 18 heavy (non-hydrogen) atoms. The standard InChI is InChI=1S/C14H11BrN2O/c1-9-3-2-4-10(7-9)14-16-13(15)12-8-11(18)5-6-17(12)14/h2-8,18H,1H3. The zero-order valence-corrected chi connectivity index (χ0v) is 11.3. The molecule has 0 amide bonds. The maximum absolute atomic E-state index is 9.52. The molecule has 0 aliphatic carbocycles. The van der Waals surface area contributed by atoms with E-state index in [1.807, 2.05) is 22.7 Å². The van der Waals surface area contributed by atoms with Gasteiger partial charge in [-0.05, 0) is 35.0 Å². The van der Waals surface area contributed by atoms with E-state index < -0.39 is 0 Å². The van der Waals surface area contributed by atoms with Crippen LogP contribution in [0.25, 0.3) is 16.9 Å². The molecule has 0 unspecified atom stereocenters. The predicted octanol–water partition coefficient (Wildman–Crippen LogP) is 3.78. The summed E-state index contributed by atoms with van der Waals surface area (Å²) in [6, 6.07) is 11.5. The molecule has 0 spiro atoms. The van der Waals surface area contributed by atoms with Crippen LogP contribution in [0, 0.1) is 6.92 Å². The fourth-order valence-corrected chi connectivity index (χ4v) is 2.50. The van der Waals surface area contributed by atoms with E-state index in [0.29, 0.717) is 0 Å². The number of fused-ring (bicyclic) bond motifs is 1. The van der Waals surface area contributed by atoms with Crippen LogP contribution in [-0.4, -0.2) is 14.5 Å². The molecule has 3 nitrogen and oxygen atoms in total. The van der Waals surface area contributed by atoms with Crippen molar-refractivity contribution in [3.63, 3.8) is 0 Å². The number of imidazole rings is 1. The molecule has 0 aliphatic heterocycles. The Labute approximate surface area is 113 Å². The molecule has 0 aliphatic rings. The number of benzene rings is 1. The number of pyridine rings is 1. The van der Waals surface area contributed by atoms with Gasteiger partial charge in [0.2, 0.25) is 0 Å². The van der Waals surface area contributed by atoms with E-state index in [9.17, 15) is 5.11 Å². The van der Waals surface area contributed by atoms with E-state index in [1.165, 1.54) is 5.56 Å². The first-order chi connectivity index (χ1) is 8.65. The summed E-state index contributed by atoms with van der Waals surface area (Å²) < 4.78 is 2.69. The Hall–Kier alpha value is -1.81. The fraction of sp³-hybridized carbons (Fsp3) is 0.0714. The summed E-state index contributed by atoms with van der Waals surface area (Å²) in [7, 11) is 0. The molecule has 3 aromatic rings. The maximum atomic E-state index is 9.52. The van der Waals surface area contributed by atoms with Crippen molar-refractivity contribution in [1.29, 1.82) is 0 Å². The maximum Gasteiger partial charge on any atom is 0.145 e. The third-order valence-electron chi connectivity index (χ3n) is 2.86. The molecular formula is C14H11BrN2O. The monoisotopic (exact) mass is 302 g/mol. The Morgan fingerprint density at radius 1 is 1.22 bits per heavy atom. The van der Waals surface area contributed by atoms with Crippen LogP contribution in [0.5, 0.6) is 5.75 Å². The lowest BCUT2D eigenvalue weighted by molar-refractivity contribution is 0.475. The average molecular weight is 303 g/mol. The van der Waals surface area contributed by atoms with Crippen LogP contribution >= 0.6 is 15.9 Å². The van der Waals surface area contributed by atoms with Gasteiger partial charge in [0.05, 0.1) is 5.52 Å². The molecule has 0 saturated carbocycles. The van der Waals surface area contributed by atoms with Crippen molar-refractivity contribution in [2.75, 3.05) is 0 Å². The average Bonchev–Trinajstić information content (AvgIpc) is 2.67. The van der Waals surface area contributed by atoms with Crippen molar-refractivity contribution in [2.45, 2.75) is 6.92 Å². The van der Waals surface area contributed by atoms with E-state index in [4.69, 9.17) is 0 Å². The largest absolute Gasteiger partial charge is 0.508 e. The molecule has 0 bridgehead atoms. The predicted molar refractivity (Wildman–Crippen MR) is 74.7 cm³/mol. The van der Waals surface area contributed by atoms with Crippen molar-refractivity contribution >= 4 is 21.4 Å². The van der Waals surface area contributed by atoms with Gasteiger partial charge in [-0.25, -0.2) is 4.98 Å². The highest BCUT2D eigenvalue weighted by atomic mass is 79.9. The SMILES string of the molecule is Cc1cccc(-c2nc(Br)c3cc(O)ccn23)c1. The normalized spacial score (nSPS) is 11.0. The van der Waals surface area contributed by atoms with Crippen LogP contribution in [-0.2, 0) is 0 Å². The van der Waals surface area contributed by atoms with Gasteiger partial charge >= 0.3 is 0 Å². The number of rotatable bonds is 1. The number of hydrogen-bond donors (Lipinski definition) is 1. The molecule has 2 heterocycles. The van der Waals surface area contributed by atoms with Crippen LogP contribution in [0.1, 0.15) is 5.56 Å². The number of hydrogen-bond acceptors (Lipinski definition) is 2. The van der Waals surface area contributed by atoms with Crippen LogP contribution < -0.4 is 0 Å². The summed E-state index contributed by atoms with van der Waals surface area (Å²) in [5.74, 6) is 1.10. The minimum atomic E-state index is 0.235. The third-order valence-corrected chi connectivity index (χ3v) is 3.44. The zero-order chi connectivity index (χ0) is 12.7. The summed E-state index contributed by atoms with van der Waals surface area (Å²) in [4.78, 5) is 4.51. The first kappa shape index (κ1) is 11.3. The van der Waals surface area contributed by atoms with Gasteiger partial charge in [-0.1, -0.05) is 23.8 Å². The molecule has 4 heteroatoms. The van der Waals surface area contributed by atoms with Gasteiger partial charge in [-0.3, -0.25) is 4.40 Å². The molecule has 0 atom stereocenters. The molecule has 1 N–H and O–H groups in total. The van der Waals surface area contributed by atoms with Gasteiger partial charge < -0.3 is 5.11 Å². The number of aromatic hydroxyl groups is 1. The first-order valence-corrected chi connectivity index (χ1v) is 6.38. The van der Waals surface area contributed by atoms with E-state index in [-0.39, 0.29) is 5.75 Å². The summed E-state index contributed by atoms with van der Waals surface area (Å²) in [6.07, 6.45) is 1.82. The zero-order valence-electron chi connectivity index (χ0n) is 9.76. The lowest BCUT2D eigenvalue weighted by Crippen LogP contribution is -1.89. The molecular weight excluding hydrogens is 292 g/mol. The smallest absolute Gasteiger partial charge is 0.145 e. The number of nitrogens with zero attached hydrogens (tertiary/aromatic N) is 2. The highest BCUT2D eigenvalue weighted by molar-refractivity contribution is 9.10.